The van der Waals surface area contributed by atoms with Crippen LogP contribution in [0.4, 0.5) is 4.79 Å². The minimum atomic E-state index is -0.969. The molecule has 1 fully saturated rings. The molecule has 1 amide bonds. The first-order valence-corrected chi connectivity index (χ1v) is 10.2. The van der Waals surface area contributed by atoms with Gasteiger partial charge < -0.3 is 14.3 Å². The molecule has 0 unspecified atom stereocenters. The van der Waals surface area contributed by atoms with Gasteiger partial charge >= 0.3 is 6.16 Å². The molecule has 1 aromatic rings. The normalized spacial score (nSPS) is 19.0. The van der Waals surface area contributed by atoms with Crippen LogP contribution in [0.2, 0.25) is 5.02 Å². The van der Waals surface area contributed by atoms with Gasteiger partial charge in [-0.05, 0) is 50.8 Å². The molecular weight excluding hydrogens is 412 g/mol. The number of rotatable bonds is 5. The standard InChI is InChI=1S/C21H27ClN2O6/c1-6-29-20(26)30-18-17(16-14(3)11-13(2)12-15(16)22)19(25)24(28-5)21(18)7-9-23(27-4)10-8-21/h11-12H,6-10H2,1-5H3. The highest BCUT2D eigenvalue weighted by molar-refractivity contribution is 6.36. The highest BCUT2D eigenvalue weighted by Gasteiger charge is 2.57. The van der Waals surface area contributed by atoms with Crippen LogP contribution in [-0.4, -0.2) is 61.6 Å². The van der Waals surface area contributed by atoms with E-state index in [0.717, 1.165) is 11.1 Å². The summed E-state index contributed by atoms with van der Waals surface area (Å²) in [6.07, 6.45) is 0.0210. The van der Waals surface area contributed by atoms with Gasteiger partial charge in [0, 0.05) is 23.7 Å². The van der Waals surface area contributed by atoms with Crippen LogP contribution in [-0.2, 0) is 23.9 Å². The zero-order valence-corrected chi connectivity index (χ0v) is 18.7. The molecule has 1 saturated heterocycles. The molecule has 2 aliphatic rings. The molecule has 0 N–H and O–H groups in total. The van der Waals surface area contributed by atoms with Crippen LogP contribution in [0.3, 0.4) is 0 Å². The molecule has 30 heavy (non-hydrogen) atoms. The van der Waals surface area contributed by atoms with Crippen LogP contribution >= 0.6 is 11.6 Å². The third-order valence-corrected chi connectivity index (χ3v) is 5.85. The Hall–Kier alpha value is -2.13. The van der Waals surface area contributed by atoms with E-state index in [1.54, 1.807) is 25.2 Å². The second-order valence-electron chi connectivity index (χ2n) is 7.35. The number of hydrogen-bond acceptors (Lipinski definition) is 7. The zero-order chi connectivity index (χ0) is 22.1. The van der Waals surface area contributed by atoms with Gasteiger partial charge in [0.25, 0.3) is 5.91 Å². The largest absolute Gasteiger partial charge is 0.513 e. The Bertz CT molecular complexity index is 853. The topological polar surface area (TPSA) is 77.5 Å². The van der Waals surface area contributed by atoms with E-state index in [0.29, 0.717) is 36.5 Å². The summed E-state index contributed by atoms with van der Waals surface area (Å²) in [4.78, 5) is 36.7. The predicted octanol–water partition coefficient (Wildman–Crippen LogP) is 3.64. The third kappa shape index (κ3) is 3.80. The number of hydrogen-bond donors (Lipinski definition) is 0. The number of halogens is 1. The van der Waals surface area contributed by atoms with Crippen molar-refractivity contribution in [2.24, 2.45) is 0 Å². The second-order valence-corrected chi connectivity index (χ2v) is 7.76. The van der Waals surface area contributed by atoms with E-state index >= 15 is 0 Å². The lowest BCUT2D eigenvalue weighted by Crippen LogP contribution is -2.55. The van der Waals surface area contributed by atoms with E-state index in [2.05, 4.69) is 0 Å². The van der Waals surface area contributed by atoms with Gasteiger partial charge in [-0.15, -0.1) is 0 Å². The number of benzene rings is 1. The number of aryl methyl sites for hydroxylation is 2. The highest BCUT2D eigenvalue weighted by atomic mass is 35.5. The lowest BCUT2D eigenvalue weighted by molar-refractivity contribution is -0.221. The third-order valence-electron chi connectivity index (χ3n) is 5.56. The van der Waals surface area contributed by atoms with Crippen LogP contribution in [0.1, 0.15) is 36.5 Å². The summed E-state index contributed by atoms with van der Waals surface area (Å²) in [5.41, 5.74) is 1.55. The summed E-state index contributed by atoms with van der Waals surface area (Å²) in [6.45, 7) is 6.67. The molecule has 3 rings (SSSR count). The van der Waals surface area contributed by atoms with Crippen molar-refractivity contribution in [2.75, 3.05) is 33.9 Å². The van der Waals surface area contributed by atoms with Crippen LogP contribution in [0.15, 0.2) is 17.9 Å². The summed E-state index contributed by atoms with van der Waals surface area (Å²) < 4.78 is 10.7. The van der Waals surface area contributed by atoms with Crippen LogP contribution in [0.25, 0.3) is 5.57 Å². The Morgan fingerprint density at radius 2 is 1.83 bits per heavy atom. The fraction of sp³-hybridized carbons (Fsp3) is 0.524. The van der Waals surface area contributed by atoms with Crippen molar-refractivity contribution in [3.05, 3.63) is 39.6 Å². The minimum Gasteiger partial charge on any atom is -0.434 e. The molecule has 0 aliphatic carbocycles. The first-order chi connectivity index (χ1) is 14.3. The maximum Gasteiger partial charge on any atom is 0.513 e. The summed E-state index contributed by atoms with van der Waals surface area (Å²) >= 11 is 6.56. The van der Waals surface area contributed by atoms with Gasteiger partial charge in [-0.25, -0.2) is 9.86 Å². The van der Waals surface area contributed by atoms with E-state index < -0.39 is 17.6 Å². The number of nitrogens with zero attached hydrogens (tertiary/aromatic N) is 2. The Morgan fingerprint density at radius 3 is 2.37 bits per heavy atom. The monoisotopic (exact) mass is 438 g/mol. The maximum absolute atomic E-state index is 13.5. The molecule has 0 atom stereocenters. The molecule has 2 heterocycles. The number of amides is 1. The van der Waals surface area contributed by atoms with Crippen molar-refractivity contribution < 1.29 is 28.7 Å². The number of ether oxygens (including phenoxy) is 2. The van der Waals surface area contributed by atoms with E-state index in [-0.39, 0.29) is 17.9 Å². The van der Waals surface area contributed by atoms with Crippen molar-refractivity contribution >= 4 is 29.2 Å². The van der Waals surface area contributed by atoms with Crippen molar-refractivity contribution in [1.29, 1.82) is 0 Å². The summed E-state index contributed by atoms with van der Waals surface area (Å²) in [7, 11) is 3.02. The first-order valence-electron chi connectivity index (χ1n) is 9.83. The molecule has 1 aromatic carbocycles. The van der Waals surface area contributed by atoms with Crippen molar-refractivity contribution in [2.45, 2.75) is 39.2 Å². The van der Waals surface area contributed by atoms with Crippen molar-refractivity contribution in [3.63, 3.8) is 0 Å². The SMILES string of the molecule is CCOC(=O)OC1=C(c2c(C)cc(C)cc2Cl)C(=O)N(OC)C12CCN(OC)CC2. The van der Waals surface area contributed by atoms with E-state index in [4.69, 9.17) is 30.7 Å². The van der Waals surface area contributed by atoms with E-state index in [1.165, 1.54) is 12.2 Å². The van der Waals surface area contributed by atoms with Crippen molar-refractivity contribution in [1.82, 2.24) is 10.1 Å². The van der Waals surface area contributed by atoms with Gasteiger partial charge in [0.2, 0.25) is 0 Å². The molecular formula is C21H27ClN2O6. The zero-order valence-electron chi connectivity index (χ0n) is 17.9. The molecule has 8 nitrogen and oxygen atoms in total. The fourth-order valence-corrected chi connectivity index (χ4v) is 4.69. The molecule has 0 saturated carbocycles. The highest BCUT2D eigenvalue weighted by Crippen LogP contribution is 2.48. The Labute approximate surface area is 181 Å². The molecule has 0 bridgehead atoms. The molecule has 164 valence electrons. The van der Waals surface area contributed by atoms with Gasteiger partial charge in [-0.1, -0.05) is 17.7 Å². The minimum absolute atomic E-state index is 0.151. The number of carbonyl (C=O) groups is 2. The Kier molecular flexibility index (Phi) is 6.71. The average molecular weight is 439 g/mol. The summed E-state index contributed by atoms with van der Waals surface area (Å²) in [6, 6.07) is 3.71. The van der Waals surface area contributed by atoms with Crippen LogP contribution in [0, 0.1) is 13.8 Å². The van der Waals surface area contributed by atoms with Crippen LogP contribution < -0.4 is 0 Å². The lowest BCUT2D eigenvalue weighted by atomic mass is 9.85. The van der Waals surface area contributed by atoms with Gasteiger partial charge in [-0.2, -0.15) is 5.06 Å². The average Bonchev–Trinajstić information content (AvgIpc) is 2.90. The first kappa shape index (κ1) is 22.6. The van der Waals surface area contributed by atoms with Gasteiger partial charge in [0.15, 0.2) is 5.76 Å². The quantitative estimate of drug-likeness (QED) is 0.649. The summed E-state index contributed by atoms with van der Waals surface area (Å²) in [5.74, 6) is -0.200. The number of piperidine rings is 1. The Morgan fingerprint density at radius 1 is 1.17 bits per heavy atom. The summed E-state index contributed by atoms with van der Waals surface area (Å²) in [5, 5.41) is 3.48. The second kappa shape index (κ2) is 8.93. The molecule has 9 heteroatoms. The fourth-order valence-electron chi connectivity index (χ4n) is 4.27. The molecule has 2 aliphatic heterocycles. The predicted molar refractivity (Wildman–Crippen MR) is 110 cm³/mol. The number of carbonyl (C=O) groups excluding carboxylic acids is 2. The van der Waals surface area contributed by atoms with Gasteiger partial charge in [-0.3, -0.25) is 9.63 Å². The van der Waals surface area contributed by atoms with E-state index in [1.807, 2.05) is 19.9 Å². The molecule has 1 spiro atoms. The molecule has 0 aromatic heterocycles. The van der Waals surface area contributed by atoms with Gasteiger partial charge in [0.05, 0.1) is 26.4 Å². The van der Waals surface area contributed by atoms with Crippen LogP contribution in [0.5, 0.6) is 0 Å². The molecule has 0 radical (unpaired) electrons. The van der Waals surface area contributed by atoms with Gasteiger partial charge in [0.1, 0.15) is 5.54 Å². The van der Waals surface area contributed by atoms with Crippen molar-refractivity contribution in [3.8, 4) is 0 Å². The smallest absolute Gasteiger partial charge is 0.434 e. The number of hydroxylamine groups is 4. The Balaban J connectivity index is 2.21. The van der Waals surface area contributed by atoms with E-state index in [9.17, 15) is 9.59 Å². The lowest BCUT2D eigenvalue weighted by Gasteiger charge is -2.42. The maximum atomic E-state index is 13.5.